The maximum absolute atomic E-state index is 13.0. The van der Waals surface area contributed by atoms with Crippen LogP contribution < -0.4 is 5.32 Å². The molecule has 0 amide bonds. The maximum Gasteiger partial charge on any atom is 0.123 e. The quantitative estimate of drug-likeness (QED) is 0.692. The van der Waals surface area contributed by atoms with Gasteiger partial charge in [0.1, 0.15) is 5.82 Å². The molecule has 0 saturated carbocycles. The molecule has 0 aliphatic heterocycles. The van der Waals surface area contributed by atoms with Crippen LogP contribution in [0.15, 0.2) is 24.3 Å². The van der Waals surface area contributed by atoms with E-state index in [1.54, 1.807) is 0 Å². The van der Waals surface area contributed by atoms with Gasteiger partial charge in [0.05, 0.1) is 0 Å². The molecule has 0 radical (unpaired) electrons. The van der Waals surface area contributed by atoms with Crippen molar-refractivity contribution in [1.29, 1.82) is 0 Å². The van der Waals surface area contributed by atoms with Crippen molar-refractivity contribution >= 4 is 0 Å². The van der Waals surface area contributed by atoms with E-state index >= 15 is 0 Å². The van der Waals surface area contributed by atoms with Gasteiger partial charge in [-0.1, -0.05) is 39.8 Å². The lowest BCUT2D eigenvalue weighted by Crippen LogP contribution is -2.28. The Morgan fingerprint density at radius 3 is 2.30 bits per heavy atom. The average Bonchev–Trinajstić information content (AvgIpc) is 2.38. The Bertz CT molecular complexity index is 362. The van der Waals surface area contributed by atoms with E-state index in [0.29, 0.717) is 17.9 Å². The van der Waals surface area contributed by atoms with E-state index in [-0.39, 0.29) is 5.82 Å². The Morgan fingerprint density at radius 1 is 1.10 bits per heavy atom. The number of hydrogen-bond donors (Lipinski definition) is 1. The third-order valence-electron chi connectivity index (χ3n) is 3.18. The first-order chi connectivity index (χ1) is 9.49. The van der Waals surface area contributed by atoms with Crippen LogP contribution in [0.5, 0.6) is 0 Å². The van der Waals surface area contributed by atoms with Gasteiger partial charge in [0.15, 0.2) is 0 Å². The summed E-state index contributed by atoms with van der Waals surface area (Å²) in [5.74, 6) is 0.749. The zero-order valence-corrected chi connectivity index (χ0v) is 13.2. The monoisotopic (exact) mass is 281 g/mol. The summed E-state index contributed by atoms with van der Waals surface area (Å²) in [7, 11) is 0. The minimum Gasteiger partial charge on any atom is -0.381 e. The molecule has 0 saturated heterocycles. The second-order valence-electron chi connectivity index (χ2n) is 6.07. The van der Waals surface area contributed by atoms with Crippen molar-refractivity contribution in [2.24, 2.45) is 5.92 Å². The van der Waals surface area contributed by atoms with E-state index in [4.69, 9.17) is 4.74 Å². The molecular weight excluding hydrogens is 253 g/mol. The molecule has 0 bridgehead atoms. The molecule has 1 atom stereocenters. The van der Waals surface area contributed by atoms with Gasteiger partial charge in [-0.05, 0) is 36.0 Å². The van der Waals surface area contributed by atoms with Crippen molar-refractivity contribution in [3.05, 3.63) is 35.6 Å². The standard InChI is InChI=1S/C17H28FNO/c1-13(2)12-20-10-9-16(11-19-14(3)4)15-5-7-17(18)8-6-15/h5-8,13-14,16,19H,9-12H2,1-4H3. The van der Waals surface area contributed by atoms with Crippen LogP contribution in [0.2, 0.25) is 0 Å². The molecule has 0 fully saturated rings. The van der Waals surface area contributed by atoms with Crippen molar-refractivity contribution < 1.29 is 9.13 Å². The number of ether oxygens (including phenoxy) is 1. The zero-order chi connectivity index (χ0) is 15.0. The molecule has 1 aromatic carbocycles. The predicted octanol–water partition coefficient (Wildman–Crippen LogP) is 3.97. The van der Waals surface area contributed by atoms with Crippen LogP contribution in [0, 0.1) is 11.7 Å². The number of halogens is 1. The highest BCUT2D eigenvalue weighted by Gasteiger charge is 2.12. The number of hydrogen-bond acceptors (Lipinski definition) is 2. The molecule has 1 aromatic rings. The Balaban J connectivity index is 2.53. The van der Waals surface area contributed by atoms with E-state index in [0.717, 1.165) is 26.2 Å². The third-order valence-corrected chi connectivity index (χ3v) is 3.18. The van der Waals surface area contributed by atoms with Crippen LogP contribution in [0.4, 0.5) is 4.39 Å². The highest BCUT2D eigenvalue weighted by atomic mass is 19.1. The Kier molecular flexibility index (Phi) is 7.78. The molecule has 20 heavy (non-hydrogen) atoms. The van der Waals surface area contributed by atoms with Gasteiger partial charge >= 0.3 is 0 Å². The third kappa shape index (κ3) is 7.01. The Labute approximate surface area is 122 Å². The van der Waals surface area contributed by atoms with E-state index in [1.165, 1.54) is 17.7 Å². The van der Waals surface area contributed by atoms with E-state index in [9.17, 15) is 4.39 Å². The summed E-state index contributed by atoms with van der Waals surface area (Å²) in [4.78, 5) is 0. The molecule has 0 aromatic heterocycles. The van der Waals surface area contributed by atoms with Gasteiger partial charge in [-0.3, -0.25) is 0 Å². The molecule has 0 heterocycles. The Morgan fingerprint density at radius 2 is 1.75 bits per heavy atom. The van der Waals surface area contributed by atoms with Crippen molar-refractivity contribution in [3.63, 3.8) is 0 Å². The smallest absolute Gasteiger partial charge is 0.123 e. The first-order valence-electron chi connectivity index (χ1n) is 7.55. The van der Waals surface area contributed by atoms with Gasteiger partial charge in [-0.25, -0.2) is 4.39 Å². The summed E-state index contributed by atoms with van der Waals surface area (Å²) >= 11 is 0. The molecule has 3 heteroatoms. The van der Waals surface area contributed by atoms with Gasteiger partial charge in [0, 0.05) is 25.8 Å². The summed E-state index contributed by atoms with van der Waals surface area (Å²) in [6, 6.07) is 7.28. The maximum atomic E-state index is 13.0. The van der Waals surface area contributed by atoms with Gasteiger partial charge in [0.2, 0.25) is 0 Å². The molecule has 1 unspecified atom stereocenters. The van der Waals surface area contributed by atoms with Crippen LogP contribution in [-0.4, -0.2) is 25.8 Å². The van der Waals surface area contributed by atoms with Crippen molar-refractivity contribution in [3.8, 4) is 0 Å². The van der Waals surface area contributed by atoms with Crippen molar-refractivity contribution in [2.45, 2.75) is 46.1 Å². The van der Waals surface area contributed by atoms with Crippen LogP contribution in [0.3, 0.4) is 0 Å². The van der Waals surface area contributed by atoms with Crippen LogP contribution >= 0.6 is 0 Å². The van der Waals surface area contributed by atoms with Crippen LogP contribution in [0.1, 0.15) is 45.6 Å². The zero-order valence-electron chi connectivity index (χ0n) is 13.2. The molecule has 1 N–H and O–H groups in total. The fourth-order valence-electron chi connectivity index (χ4n) is 2.04. The van der Waals surface area contributed by atoms with E-state index in [1.807, 2.05) is 12.1 Å². The fourth-order valence-corrected chi connectivity index (χ4v) is 2.04. The lowest BCUT2D eigenvalue weighted by atomic mass is 9.95. The lowest BCUT2D eigenvalue weighted by Gasteiger charge is -2.20. The summed E-state index contributed by atoms with van der Waals surface area (Å²) in [6.45, 7) is 11.0. The van der Waals surface area contributed by atoms with Gasteiger partial charge < -0.3 is 10.1 Å². The van der Waals surface area contributed by atoms with Crippen LogP contribution in [0.25, 0.3) is 0 Å². The molecule has 0 aliphatic rings. The van der Waals surface area contributed by atoms with Crippen molar-refractivity contribution in [2.75, 3.05) is 19.8 Å². The number of nitrogens with one attached hydrogen (secondary N) is 1. The second kappa shape index (κ2) is 9.09. The summed E-state index contributed by atoms with van der Waals surface area (Å²) in [6.07, 6.45) is 0.956. The van der Waals surface area contributed by atoms with Crippen molar-refractivity contribution in [1.82, 2.24) is 5.32 Å². The normalized spacial score (nSPS) is 13.2. The molecule has 2 nitrogen and oxygen atoms in total. The minimum absolute atomic E-state index is 0.180. The Hall–Kier alpha value is -0.930. The number of benzene rings is 1. The lowest BCUT2D eigenvalue weighted by molar-refractivity contribution is 0.103. The molecule has 0 aliphatic carbocycles. The van der Waals surface area contributed by atoms with Gasteiger partial charge in [-0.15, -0.1) is 0 Å². The van der Waals surface area contributed by atoms with E-state index in [2.05, 4.69) is 33.0 Å². The fraction of sp³-hybridized carbons (Fsp3) is 0.647. The predicted molar refractivity (Wildman–Crippen MR) is 82.6 cm³/mol. The summed E-state index contributed by atoms with van der Waals surface area (Å²) in [5.41, 5.74) is 1.17. The topological polar surface area (TPSA) is 21.3 Å². The highest BCUT2D eigenvalue weighted by Crippen LogP contribution is 2.20. The first-order valence-corrected chi connectivity index (χ1v) is 7.55. The molecule has 1 rings (SSSR count). The number of rotatable bonds is 9. The molecular formula is C17H28FNO. The molecule has 0 spiro atoms. The van der Waals surface area contributed by atoms with Gasteiger partial charge in [-0.2, -0.15) is 0 Å². The molecule has 114 valence electrons. The first kappa shape index (κ1) is 17.1. The SMILES string of the molecule is CC(C)COCCC(CNC(C)C)c1ccc(F)cc1. The summed E-state index contributed by atoms with van der Waals surface area (Å²) in [5, 5.41) is 3.46. The second-order valence-corrected chi connectivity index (χ2v) is 6.07. The van der Waals surface area contributed by atoms with Crippen LogP contribution in [-0.2, 0) is 4.74 Å². The van der Waals surface area contributed by atoms with Gasteiger partial charge in [0.25, 0.3) is 0 Å². The average molecular weight is 281 g/mol. The minimum atomic E-state index is -0.180. The summed E-state index contributed by atoms with van der Waals surface area (Å²) < 4.78 is 18.7. The van der Waals surface area contributed by atoms with E-state index < -0.39 is 0 Å². The highest BCUT2D eigenvalue weighted by molar-refractivity contribution is 5.20. The largest absolute Gasteiger partial charge is 0.381 e.